The number of rotatable bonds is 7. The third-order valence-electron chi connectivity index (χ3n) is 6.05. The Morgan fingerprint density at radius 2 is 1.67 bits per heavy atom. The Morgan fingerprint density at radius 1 is 1.08 bits per heavy atom. The molecule has 0 spiro atoms. The van der Waals surface area contributed by atoms with E-state index in [9.17, 15) is 0 Å². The fraction of sp³-hybridized carbons (Fsp3) is 0.684. The molecule has 1 aliphatic rings. The van der Waals surface area contributed by atoms with Crippen molar-refractivity contribution in [1.82, 2.24) is 0 Å². The highest BCUT2D eigenvalue weighted by atomic mass is 127. The first-order chi connectivity index (χ1) is 10.8. The van der Waals surface area contributed by atoms with Crippen LogP contribution in [0.3, 0.4) is 0 Å². The van der Waals surface area contributed by atoms with Crippen molar-refractivity contribution >= 4 is 21.6 Å². The van der Waals surface area contributed by atoms with Gasteiger partial charge in [-0.25, -0.2) is 0 Å². The summed E-state index contributed by atoms with van der Waals surface area (Å²) in [4.78, 5) is 0. The van der Waals surface area contributed by atoms with Crippen LogP contribution in [0, 0.1) is 0 Å². The number of benzene rings is 1. The first kappa shape index (κ1) is 22.3. The second-order valence-corrected chi connectivity index (χ2v) is 17.7. The van der Waals surface area contributed by atoms with Crippen molar-refractivity contribution < 1.29 is 32.9 Å². The molecule has 0 bridgehead atoms. The average Bonchev–Trinajstić information content (AvgIpc) is 2.51. The highest BCUT2D eigenvalue weighted by molar-refractivity contribution is 6.90. The highest BCUT2D eigenvalue weighted by Crippen LogP contribution is 2.25. The summed E-state index contributed by atoms with van der Waals surface area (Å²) in [6, 6.07) is 12.9. The predicted molar refractivity (Wildman–Crippen MR) is 106 cm³/mol. The predicted octanol–water partition coefficient (Wildman–Crippen LogP) is 1.13. The number of halogens is 1. The summed E-state index contributed by atoms with van der Waals surface area (Å²) in [7, 11) is -0.335. The van der Waals surface area contributed by atoms with Crippen LogP contribution in [-0.2, 0) is 11.0 Å². The van der Waals surface area contributed by atoms with Crippen molar-refractivity contribution in [2.75, 3.05) is 26.4 Å². The largest absolute Gasteiger partial charge is 1.00 e. The molecule has 2 nitrogen and oxygen atoms in total. The average molecular weight is 478 g/mol. The SMILES string of the molecule is CC[Si](CC)(CC)OCC[N+]1(C)Cc2ccccc2[Si](C)(C)C1.[I-]. The van der Waals surface area contributed by atoms with Gasteiger partial charge in [-0.2, -0.15) is 0 Å². The van der Waals surface area contributed by atoms with Crippen LogP contribution in [0.15, 0.2) is 24.3 Å². The van der Waals surface area contributed by atoms with Gasteiger partial charge in [0.2, 0.25) is 0 Å². The van der Waals surface area contributed by atoms with Crippen LogP contribution in [0.1, 0.15) is 26.3 Å². The van der Waals surface area contributed by atoms with Crippen molar-refractivity contribution in [2.24, 2.45) is 0 Å². The lowest BCUT2D eigenvalue weighted by atomic mass is 10.2. The first-order valence-corrected chi connectivity index (χ1v) is 15.1. The Labute approximate surface area is 168 Å². The van der Waals surface area contributed by atoms with E-state index in [4.69, 9.17) is 4.43 Å². The molecule has 1 unspecified atom stereocenters. The monoisotopic (exact) mass is 477 g/mol. The normalized spacial score (nSPS) is 22.6. The molecular formula is C19H36INOSi2. The standard InChI is InChI=1S/C19H36NOSi2.HI/c1-7-23(8-2,9-3)21-15-14-20(4)16-18-12-10-11-13-19(18)22(5,6)17-20;/h10-13H,7-9,14-17H2,1-6H3;1H/q+1;/p-1. The van der Waals surface area contributed by atoms with Crippen LogP contribution in [0.2, 0.25) is 31.2 Å². The van der Waals surface area contributed by atoms with Gasteiger partial charge in [0.25, 0.3) is 0 Å². The van der Waals surface area contributed by atoms with Crippen LogP contribution in [-0.4, -0.2) is 47.2 Å². The molecule has 1 heterocycles. The molecule has 24 heavy (non-hydrogen) atoms. The van der Waals surface area contributed by atoms with Crippen molar-refractivity contribution in [2.45, 2.75) is 58.5 Å². The number of nitrogens with zero attached hydrogens (tertiary/aromatic N) is 1. The van der Waals surface area contributed by atoms with Crippen molar-refractivity contribution in [3.63, 3.8) is 0 Å². The van der Waals surface area contributed by atoms with Gasteiger partial charge in [-0.15, -0.1) is 0 Å². The molecule has 0 aliphatic carbocycles. The van der Waals surface area contributed by atoms with Gasteiger partial charge in [-0.3, -0.25) is 0 Å². The van der Waals surface area contributed by atoms with Crippen molar-refractivity contribution in [1.29, 1.82) is 0 Å². The van der Waals surface area contributed by atoms with Gasteiger partial charge < -0.3 is 32.9 Å². The van der Waals surface area contributed by atoms with Crippen LogP contribution in [0.5, 0.6) is 0 Å². The number of fused-ring (bicyclic) bond motifs is 1. The molecule has 0 amide bonds. The molecule has 1 atom stereocenters. The maximum atomic E-state index is 6.54. The number of likely N-dealkylation sites (N-methyl/N-ethyl adjacent to an activating group) is 1. The second kappa shape index (κ2) is 8.80. The summed E-state index contributed by atoms with van der Waals surface area (Å²) in [5, 5.41) is 1.68. The molecule has 0 saturated heterocycles. The van der Waals surface area contributed by atoms with Crippen LogP contribution in [0.25, 0.3) is 0 Å². The molecule has 1 aliphatic heterocycles. The second-order valence-electron chi connectivity index (χ2n) is 8.29. The molecule has 0 aromatic heterocycles. The smallest absolute Gasteiger partial charge is 0.192 e. The van der Waals surface area contributed by atoms with E-state index in [-0.39, 0.29) is 24.0 Å². The van der Waals surface area contributed by atoms with Gasteiger partial charge in [-0.1, -0.05) is 58.1 Å². The van der Waals surface area contributed by atoms with Gasteiger partial charge in [0.15, 0.2) is 8.32 Å². The molecule has 0 saturated carbocycles. The van der Waals surface area contributed by atoms with Crippen LogP contribution in [0.4, 0.5) is 0 Å². The zero-order valence-corrected chi connectivity index (χ0v) is 20.7. The molecule has 138 valence electrons. The van der Waals surface area contributed by atoms with Gasteiger partial charge in [0.05, 0.1) is 19.8 Å². The van der Waals surface area contributed by atoms with E-state index in [1.807, 2.05) is 0 Å². The third-order valence-corrected chi connectivity index (χ3v) is 14.2. The topological polar surface area (TPSA) is 9.23 Å². The number of hydrogen-bond donors (Lipinski definition) is 0. The summed E-state index contributed by atoms with van der Waals surface area (Å²) in [5.41, 5.74) is 1.59. The van der Waals surface area contributed by atoms with E-state index in [2.05, 4.69) is 65.2 Å². The van der Waals surface area contributed by atoms with E-state index in [0.29, 0.717) is 0 Å². The fourth-order valence-corrected chi connectivity index (χ4v) is 11.1. The van der Waals surface area contributed by atoms with Gasteiger partial charge in [-0.05, 0) is 23.3 Å². The molecule has 1 aromatic carbocycles. The quantitative estimate of drug-likeness (QED) is 0.325. The number of hydrogen-bond acceptors (Lipinski definition) is 1. The minimum atomic E-state index is -1.44. The van der Waals surface area contributed by atoms with E-state index < -0.39 is 16.4 Å². The van der Waals surface area contributed by atoms with Crippen LogP contribution < -0.4 is 29.2 Å². The molecule has 0 radical (unpaired) electrons. The van der Waals surface area contributed by atoms with E-state index in [0.717, 1.165) is 11.1 Å². The summed E-state index contributed by atoms with van der Waals surface area (Å²) in [5.74, 6) is 0. The van der Waals surface area contributed by atoms with Gasteiger partial charge >= 0.3 is 0 Å². The lowest BCUT2D eigenvalue weighted by Crippen LogP contribution is -3.00. The maximum Gasteiger partial charge on any atom is 0.192 e. The lowest BCUT2D eigenvalue weighted by Gasteiger charge is -2.45. The molecule has 2 rings (SSSR count). The zero-order chi connectivity index (χ0) is 17.1. The Balaban J connectivity index is 0.00000288. The highest BCUT2D eigenvalue weighted by Gasteiger charge is 2.42. The van der Waals surface area contributed by atoms with E-state index in [1.165, 1.54) is 37.4 Å². The summed E-state index contributed by atoms with van der Waals surface area (Å²) in [6.07, 6.45) is 1.34. The Bertz CT molecular complexity index is 526. The minimum Gasteiger partial charge on any atom is -1.00 e. The third kappa shape index (κ3) is 4.93. The fourth-order valence-electron chi connectivity index (χ4n) is 4.52. The zero-order valence-electron chi connectivity index (χ0n) is 16.5. The number of quaternary nitrogens is 1. The molecule has 5 heteroatoms. The molecule has 0 N–H and O–H groups in total. The van der Waals surface area contributed by atoms with Crippen molar-refractivity contribution in [3.05, 3.63) is 29.8 Å². The molecule has 0 fully saturated rings. The van der Waals surface area contributed by atoms with E-state index >= 15 is 0 Å². The van der Waals surface area contributed by atoms with Crippen LogP contribution >= 0.6 is 0 Å². The Hall–Kier alpha value is 0.304. The Morgan fingerprint density at radius 3 is 2.25 bits per heavy atom. The van der Waals surface area contributed by atoms with Gasteiger partial charge in [0.1, 0.15) is 21.2 Å². The summed E-state index contributed by atoms with van der Waals surface area (Å²) in [6.45, 7) is 15.3. The molecule has 1 aromatic rings. The van der Waals surface area contributed by atoms with E-state index in [1.54, 1.807) is 10.8 Å². The first-order valence-electron chi connectivity index (χ1n) is 9.36. The maximum absolute atomic E-state index is 6.54. The Kier molecular flexibility index (Phi) is 8.19. The van der Waals surface area contributed by atoms with Gasteiger partial charge in [0, 0.05) is 5.56 Å². The summed E-state index contributed by atoms with van der Waals surface area (Å²) < 4.78 is 7.70. The van der Waals surface area contributed by atoms with Crippen molar-refractivity contribution in [3.8, 4) is 0 Å². The summed E-state index contributed by atoms with van der Waals surface area (Å²) >= 11 is 0. The lowest BCUT2D eigenvalue weighted by molar-refractivity contribution is -0.914. The minimum absolute atomic E-state index is 0. The molecular weight excluding hydrogens is 441 g/mol.